The van der Waals surface area contributed by atoms with Crippen LogP contribution in [0.2, 0.25) is 5.02 Å². The molecule has 1 saturated heterocycles. The summed E-state index contributed by atoms with van der Waals surface area (Å²) in [5.74, 6) is 0.0517. The van der Waals surface area contributed by atoms with Crippen LogP contribution in [-0.4, -0.2) is 76.4 Å². The average Bonchev–Trinajstić information content (AvgIpc) is 3.12. The SMILES string of the molecule is CC1(C)OC/C=C/[C@H](OC(=O)N2CCC2)[C@@H]2CC[C@H]2CN2C[C@@]3(CCCc4cc(Cl)ccc43)COc3ccc(cc32)S(=O)(=O)NC1=O. The topological polar surface area (TPSA) is 114 Å². The van der Waals surface area contributed by atoms with Gasteiger partial charge in [-0.05, 0) is 106 Å². The quantitative estimate of drug-likeness (QED) is 0.407. The minimum Gasteiger partial charge on any atom is -0.490 e. The number of benzene rings is 2. The molecule has 1 saturated carbocycles. The number of fused-ring (bicyclic) bond motifs is 4. The Hall–Kier alpha value is -3.28. The molecule has 2 bridgehead atoms. The van der Waals surface area contributed by atoms with E-state index in [1.165, 1.54) is 31.0 Å². The first-order chi connectivity index (χ1) is 22.4. The average molecular weight is 684 g/mol. The minimum atomic E-state index is -4.22. The van der Waals surface area contributed by atoms with Crippen LogP contribution in [0.1, 0.15) is 57.1 Å². The maximum absolute atomic E-state index is 13.6. The summed E-state index contributed by atoms with van der Waals surface area (Å²) in [5.41, 5.74) is 1.31. The molecule has 0 unspecified atom stereocenters. The van der Waals surface area contributed by atoms with Crippen LogP contribution in [0.4, 0.5) is 10.5 Å². The number of aryl methyl sites for hydroxylation is 1. The molecule has 0 radical (unpaired) electrons. The van der Waals surface area contributed by atoms with E-state index in [2.05, 4.69) is 15.7 Å². The van der Waals surface area contributed by atoms with Gasteiger partial charge in [-0.2, -0.15) is 0 Å². The number of likely N-dealkylation sites (tertiary alicyclic amines) is 1. The first-order valence-corrected chi connectivity index (χ1v) is 18.4. The Balaban J connectivity index is 1.29. The zero-order chi connectivity index (χ0) is 33.0. The Morgan fingerprint density at radius 1 is 1.11 bits per heavy atom. The molecule has 47 heavy (non-hydrogen) atoms. The second-order valence-electron chi connectivity index (χ2n) is 14.1. The summed E-state index contributed by atoms with van der Waals surface area (Å²) in [6, 6.07) is 10.9. The highest BCUT2D eigenvalue weighted by atomic mass is 35.5. The number of carbonyl (C=O) groups is 2. The van der Waals surface area contributed by atoms with E-state index < -0.39 is 27.6 Å². The van der Waals surface area contributed by atoms with Gasteiger partial charge in [-0.25, -0.2) is 17.9 Å². The highest BCUT2D eigenvalue weighted by Gasteiger charge is 2.45. The van der Waals surface area contributed by atoms with Crippen LogP contribution in [0.15, 0.2) is 53.4 Å². The number of nitrogens with zero attached hydrogens (tertiary/aromatic N) is 2. The van der Waals surface area contributed by atoms with E-state index in [9.17, 15) is 18.0 Å². The maximum atomic E-state index is 13.6. The normalized spacial score (nSPS) is 30.3. The van der Waals surface area contributed by atoms with E-state index in [0.717, 1.165) is 38.5 Å². The number of halogens is 1. The molecule has 2 aliphatic carbocycles. The van der Waals surface area contributed by atoms with Gasteiger partial charge < -0.3 is 24.0 Å². The number of amides is 2. The summed E-state index contributed by atoms with van der Waals surface area (Å²) in [6.45, 7) is 6.16. The standard InChI is InChI=1S/C35H42ClN3O7S/c1-34(2)32(40)37-47(42,43)26-10-13-31-29(19-26)39(21-35(22-44-31)14-3-6-23-18-25(36)9-12-28(23)35)20-24-8-11-27(24)30(7-4-17-45-34)46-33(41)38-15-5-16-38/h4,7,9-10,12-13,18-19,24,27,30H,3,5-6,8,11,14-17,20-22H2,1-2H3,(H,37,40)/b7-4+/t24-,27+,30-,35-/m0/s1. The van der Waals surface area contributed by atoms with E-state index in [-0.39, 0.29) is 34.8 Å². The molecule has 7 rings (SSSR count). The van der Waals surface area contributed by atoms with Crippen LogP contribution in [0, 0.1) is 11.8 Å². The zero-order valence-electron chi connectivity index (χ0n) is 26.9. The van der Waals surface area contributed by atoms with Gasteiger partial charge >= 0.3 is 6.09 Å². The van der Waals surface area contributed by atoms with Gasteiger partial charge in [0, 0.05) is 42.5 Å². The second-order valence-corrected chi connectivity index (χ2v) is 16.2. The first kappa shape index (κ1) is 32.3. The number of rotatable bonds is 1. The molecule has 2 aromatic rings. The molecule has 1 spiro atoms. The minimum absolute atomic E-state index is 0.0284. The van der Waals surface area contributed by atoms with Gasteiger partial charge in [-0.15, -0.1) is 0 Å². The van der Waals surface area contributed by atoms with E-state index >= 15 is 0 Å². The van der Waals surface area contributed by atoms with Crippen molar-refractivity contribution in [2.24, 2.45) is 11.8 Å². The summed E-state index contributed by atoms with van der Waals surface area (Å²) in [6.07, 6.45) is 8.49. The van der Waals surface area contributed by atoms with Crippen molar-refractivity contribution < 1.29 is 32.2 Å². The number of carbonyl (C=O) groups excluding carboxylic acids is 2. The lowest BCUT2D eigenvalue weighted by atomic mass is 9.68. The lowest BCUT2D eigenvalue weighted by Gasteiger charge is -2.46. The van der Waals surface area contributed by atoms with Crippen molar-refractivity contribution in [3.63, 3.8) is 0 Å². The molecule has 2 amide bonds. The first-order valence-electron chi connectivity index (χ1n) is 16.6. The number of anilines is 1. The fourth-order valence-electron chi connectivity index (χ4n) is 7.57. The Morgan fingerprint density at radius 2 is 1.94 bits per heavy atom. The predicted molar refractivity (Wildman–Crippen MR) is 177 cm³/mol. The Labute approximate surface area is 281 Å². The zero-order valence-corrected chi connectivity index (χ0v) is 28.4. The number of nitrogens with one attached hydrogen (secondary N) is 1. The predicted octanol–water partition coefficient (Wildman–Crippen LogP) is 5.22. The monoisotopic (exact) mass is 683 g/mol. The third-order valence-corrected chi connectivity index (χ3v) is 12.2. The highest BCUT2D eigenvalue weighted by Crippen LogP contribution is 2.47. The Kier molecular flexibility index (Phi) is 8.45. The van der Waals surface area contributed by atoms with Gasteiger partial charge in [0.1, 0.15) is 17.5 Å². The third kappa shape index (κ3) is 6.22. The van der Waals surface area contributed by atoms with E-state index in [4.69, 9.17) is 25.8 Å². The van der Waals surface area contributed by atoms with Crippen molar-refractivity contribution in [3.05, 3.63) is 64.7 Å². The van der Waals surface area contributed by atoms with Gasteiger partial charge in [-0.1, -0.05) is 23.7 Å². The molecule has 10 nitrogen and oxygen atoms in total. The van der Waals surface area contributed by atoms with Crippen molar-refractivity contribution in [2.45, 2.75) is 74.4 Å². The third-order valence-electron chi connectivity index (χ3n) is 10.7. The van der Waals surface area contributed by atoms with E-state index in [1.54, 1.807) is 23.1 Å². The fourth-order valence-corrected chi connectivity index (χ4v) is 8.89. The van der Waals surface area contributed by atoms with Gasteiger partial charge in [0.15, 0.2) is 0 Å². The molecule has 1 N–H and O–H groups in total. The fraction of sp³-hybridized carbons (Fsp3) is 0.543. The van der Waals surface area contributed by atoms with Crippen LogP contribution in [-0.2, 0) is 36.1 Å². The summed E-state index contributed by atoms with van der Waals surface area (Å²) in [5, 5.41) is 0.707. The van der Waals surface area contributed by atoms with Crippen LogP contribution < -0.4 is 14.4 Å². The van der Waals surface area contributed by atoms with Crippen molar-refractivity contribution in [1.82, 2.24) is 9.62 Å². The molecular formula is C35H42ClN3O7S. The summed E-state index contributed by atoms with van der Waals surface area (Å²) in [4.78, 5) is 30.2. The molecule has 12 heteroatoms. The van der Waals surface area contributed by atoms with E-state index in [0.29, 0.717) is 49.2 Å². The van der Waals surface area contributed by atoms with Crippen LogP contribution in [0.5, 0.6) is 5.75 Å². The van der Waals surface area contributed by atoms with Crippen molar-refractivity contribution >= 4 is 39.3 Å². The molecule has 4 atom stereocenters. The smallest absolute Gasteiger partial charge is 0.410 e. The van der Waals surface area contributed by atoms with Gasteiger partial charge in [0.25, 0.3) is 15.9 Å². The molecule has 5 aliphatic rings. The van der Waals surface area contributed by atoms with Gasteiger partial charge in [0.05, 0.1) is 23.8 Å². The molecule has 3 aliphatic heterocycles. The summed E-state index contributed by atoms with van der Waals surface area (Å²) in [7, 11) is -4.22. The number of sulfonamides is 1. The Morgan fingerprint density at radius 3 is 2.68 bits per heavy atom. The van der Waals surface area contributed by atoms with Crippen LogP contribution in [0.25, 0.3) is 0 Å². The van der Waals surface area contributed by atoms with Crippen LogP contribution in [0.3, 0.4) is 0 Å². The number of hydrogen-bond acceptors (Lipinski definition) is 8. The largest absolute Gasteiger partial charge is 0.490 e. The maximum Gasteiger partial charge on any atom is 0.410 e. The molecular weight excluding hydrogens is 642 g/mol. The molecule has 3 heterocycles. The van der Waals surface area contributed by atoms with E-state index in [1.807, 2.05) is 18.2 Å². The van der Waals surface area contributed by atoms with Crippen molar-refractivity contribution in [2.75, 3.05) is 44.3 Å². The molecule has 0 aromatic heterocycles. The number of ether oxygens (including phenoxy) is 3. The number of hydrogen-bond donors (Lipinski definition) is 1. The highest BCUT2D eigenvalue weighted by molar-refractivity contribution is 7.90. The molecule has 252 valence electrons. The van der Waals surface area contributed by atoms with Crippen LogP contribution >= 0.6 is 11.6 Å². The summed E-state index contributed by atoms with van der Waals surface area (Å²) < 4.78 is 47.9. The Bertz CT molecular complexity index is 1710. The lowest BCUT2D eigenvalue weighted by Crippen LogP contribution is -2.51. The van der Waals surface area contributed by atoms with Crippen molar-refractivity contribution in [3.8, 4) is 5.75 Å². The molecule has 2 aromatic carbocycles. The molecule has 2 fully saturated rings. The van der Waals surface area contributed by atoms with Gasteiger partial charge in [-0.3, -0.25) is 4.79 Å². The van der Waals surface area contributed by atoms with Crippen molar-refractivity contribution in [1.29, 1.82) is 0 Å². The summed E-state index contributed by atoms with van der Waals surface area (Å²) >= 11 is 6.42. The van der Waals surface area contributed by atoms with Gasteiger partial charge in [0.2, 0.25) is 0 Å². The second kappa shape index (κ2) is 12.3. The lowest BCUT2D eigenvalue weighted by molar-refractivity contribution is -0.139.